The molecule has 0 aliphatic carbocycles. The summed E-state index contributed by atoms with van der Waals surface area (Å²) in [5.74, 6) is 0.552. The smallest absolute Gasteiger partial charge is 0.245 e. The quantitative estimate of drug-likeness (QED) is 0.829. The van der Waals surface area contributed by atoms with Crippen LogP contribution in [0.15, 0.2) is 48.7 Å². The zero-order chi connectivity index (χ0) is 18.6. The second kappa shape index (κ2) is 7.43. The van der Waals surface area contributed by atoms with Crippen LogP contribution in [-0.2, 0) is 14.6 Å². The van der Waals surface area contributed by atoms with Crippen molar-refractivity contribution in [2.45, 2.75) is 17.6 Å². The number of rotatable bonds is 5. The zero-order valence-corrected chi connectivity index (χ0v) is 15.3. The zero-order valence-electron chi connectivity index (χ0n) is 14.4. The summed E-state index contributed by atoms with van der Waals surface area (Å²) in [5, 5.41) is 5.83. The van der Waals surface area contributed by atoms with Crippen LogP contribution in [0.3, 0.4) is 0 Å². The highest BCUT2D eigenvalue weighted by Crippen LogP contribution is 2.30. The summed E-state index contributed by atoms with van der Waals surface area (Å²) in [6.07, 6.45) is 3.28. The van der Waals surface area contributed by atoms with Gasteiger partial charge in [-0.05, 0) is 56.3 Å². The van der Waals surface area contributed by atoms with E-state index in [0.717, 1.165) is 6.26 Å². The number of carbonyl (C=O) groups excluding carboxylic acids is 1. The maximum Gasteiger partial charge on any atom is 0.245 e. The average Bonchev–Trinajstić information content (AvgIpc) is 2.64. The molecule has 0 radical (unpaired) electrons. The molecular formula is C18H21N3O4S. The first-order valence-corrected chi connectivity index (χ1v) is 10.2. The second-order valence-electron chi connectivity index (χ2n) is 6.26. The molecule has 1 saturated heterocycles. The van der Waals surface area contributed by atoms with E-state index in [4.69, 9.17) is 4.74 Å². The van der Waals surface area contributed by atoms with Crippen LogP contribution in [0.2, 0.25) is 0 Å². The number of aromatic nitrogens is 1. The van der Waals surface area contributed by atoms with Gasteiger partial charge in [-0.15, -0.1) is 0 Å². The van der Waals surface area contributed by atoms with Crippen LogP contribution in [-0.4, -0.2) is 43.4 Å². The SMILES string of the molecule is CS(=O)(=O)C1(C(=O)Nc2ccc(Oc3ccccn3)cc2)CCNCC1. The summed E-state index contributed by atoms with van der Waals surface area (Å²) in [4.78, 5) is 16.8. The lowest BCUT2D eigenvalue weighted by molar-refractivity contribution is -0.119. The highest BCUT2D eigenvalue weighted by atomic mass is 32.2. The van der Waals surface area contributed by atoms with Crippen molar-refractivity contribution in [1.82, 2.24) is 10.3 Å². The number of hydrogen-bond donors (Lipinski definition) is 2. The molecule has 1 aromatic carbocycles. The Bertz CT molecular complexity index is 861. The van der Waals surface area contributed by atoms with E-state index in [-0.39, 0.29) is 12.8 Å². The van der Waals surface area contributed by atoms with Crippen molar-refractivity contribution in [2.75, 3.05) is 24.7 Å². The predicted molar refractivity (Wildman–Crippen MR) is 99.1 cm³/mol. The third-order valence-corrected chi connectivity index (χ3v) is 6.52. The number of hydrogen-bond acceptors (Lipinski definition) is 6. The van der Waals surface area contributed by atoms with Crippen molar-refractivity contribution in [3.05, 3.63) is 48.7 Å². The van der Waals surface area contributed by atoms with E-state index >= 15 is 0 Å². The van der Waals surface area contributed by atoms with Crippen molar-refractivity contribution >= 4 is 21.4 Å². The number of benzene rings is 1. The van der Waals surface area contributed by atoms with Crippen molar-refractivity contribution in [2.24, 2.45) is 0 Å². The molecule has 2 N–H and O–H groups in total. The van der Waals surface area contributed by atoms with Gasteiger partial charge in [-0.3, -0.25) is 4.79 Å². The van der Waals surface area contributed by atoms with Crippen molar-refractivity contribution in [1.29, 1.82) is 0 Å². The number of anilines is 1. The Labute approximate surface area is 152 Å². The van der Waals surface area contributed by atoms with E-state index in [1.165, 1.54) is 0 Å². The largest absolute Gasteiger partial charge is 0.439 e. The van der Waals surface area contributed by atoms with Crippen LogP contribution in [0.25, 0.3) is 0 Å². The lowest BCUT2D eigenvalue weighted by Crippen LogP contribution is -2.55. The summed E-state index contributed by atoms with van der Waals surface area (Å²) in [6.45, 7) is 0.995. The van der Waals surface area contributed by atoms with Crippen LogP contribution in [0.5, 0.6) is 11.6 Å². The molecule has 1 aliphatic heterocycles. The number of sulfone groups is 1. The third kappa shape index (κ3) is 3.86. The van der Waals surface area contributed by atoms with E-state index in [2.05, 4.69) is 15.6 Å². The molecule has 1 fully saturated rings. The lowest BCUT2D eigenvalue weighted by Gasteiger charge is -2.34. The highest BCUT2D eigenvalue weighted by molar-refractivity contribution is 7.92. The standard InChI is InChI=1S/C18H21N3O4S/c1-26(23,24)18(9-12-19-13-10-18)17(22)21-14-5-7-15(8-6-14)25-16-4-2-3-11-20-16/h2-8,11,19H,9-10,12-13H2,1H3,(H,21,22). The molecule has 0 unspecified atom stereocenters. The molecule has 1 aromatic heterocycles. The van der Waals surface area contributed by atoms with Gasteiger partial charge in [0.25, 0.3) is 0 Å². The van der Waals surface area contributed by atoms with Crippen molar-refractivity contribution in [3.63, 3.8) is 0 Å². The maximum absolute atomic E-state index is 12.8. The van der Waals surface area contributed by atoms with Gasteiger partial charge < -0.3 is 15.4 Å². The van der Waals surface area contributed by atoms with Gasteiger partial charge in [0, 0.05) is 24.2 Å². The molecule has 0 atom stereocenters. The Kier molecular flexibility index (Phi) is 5.24. The first-order valence-electron chi connectivity index (χ1n) is 8.31. The topological polar surface area (TPSA) is 97.4 Å². The first kappa shape index (κ1) is 18.3. The van der Waals surface area contributed by atoms with Crippen LogP contribution < -0.4 is 15.4 Å². The summed E-state index contributed by atoms with van der Waals surface area (Å²) in [6, 6.07) is 12.1. The number of nitrogens with zero attached hydrogens (tertiary/aromatic N) is 1. The summed E-state index contributed by atoms with van der Waals surface area (Å²) < 4.78 is 28.8. The monoisotopic (exact) mass is 375 g/mol. The average molecular weight is 375 g/mol. The first-order chi connectivity index (χ1) is 12.4. The molecule has 0 saturated carbocycles. The van der Waals surface area contributed by atoms with E-state index in [9.17, 15) is 13.2 Å². The van der Waals surface area contributed by atoms with Crippen molar-refractivity contribution < 1.29 is 17.9 Å². The Balaban J connectivity index is 1.72. The van der Waals surface area contributed by atoms with Crippen LogP contribution in [0.4, 0.5) is 5.69 Å². The van der Waals surface area contributed by atoms with Gasteiger partial charge in [0.2, 0.25) is 11.8 Å². The Hall–Kier alpha value is -2.45. The molecule has 138 valence electrons. The fraction of sp³-hybridized carbons (Fsp3) is 0.333. The van der Waals surface area contributed by atoms with Gasteiger partial charge in [0.15, 0.2) is 14.6 Å². The van der Waals surface area contributed by atoms with Gasteiger partial charge in [-0.1, -0.05) is 6.07 Å². The number of piperidine rings is 1. The summed E-state index contributed by atoms with van der Waals surface area (Å²) in [7, 11) is -3.54. The lowest BCUT2D eigenvalue weighted by atomic mass is 9.95. The molecule has 7 nitrogen and oxygen atoms in total. The van der Waals surface area contributed by atoms with E-state index in [1.54, 1.807) is 42.6 Å². The van der Waals surface area contributed by atoms with Crippen LogP contribution in [0.1, 0.15) is 12.8 Å². The Morgan fingerprint density at radius 2 is 1.85 bits per heavy atom. The van der Waals surface area contributed by atoms with Gasteiger partial charge in [0.1, 0.15) is 5.75 Å². The molecule has 2 heterocycles. The van der Waals surface area contributed by atoms with Gasteiger partial charge in [-0.25, -0.2) is 13.4 Å². The van der Waals surface area contributed by atoms with Gasteiger partial charge in [-0.2, -0.15) is 0 Å². The van der Waals surface area contributed by atoms with Gasteiger partial charge in [0.05, 0.1) is 0 Å². The van der Waals surface area contributed by atoms with Crippen molar-refractivity contribution in [3.8, 4) is 11.6 Å². The second-order valence-corrected chi connectivity index (χ2v) is 8.59. The molecular weight excluding hydrogens is 354 g/mol. The van der Waals surface area contributed by atoms with Crippen LogP contribution in [0, 0.1) is 0 Å². The number of nitrogens with one attached hydrogen (secondary N) is 2. The van der Waals surface area contributed by atoms with E-state index in [0.29, 0.717) is 30.4 Å². The number of amides is 1. The fourth-order valence-corrected chi connectivity index (χ4v) is 4.31. The minimum absolute atomic E-state index is 0.262. The normalized spacial score (nSPS) is 16.7. The number of pyridine rings is 1. The molecule has 8 heteroatoms. The minimum Gasteiger partial charge on any atom is -0.439 e. The summed E-state index contributed by atoms with van der Waals surface area (Å²) >= 11 is 0. The van der Waals surface area contributed by atoms with Gasteiger partial charge >= 0.3 is 0 Å². The molecule has 0 bridgehead atoms. The minimum atomic E-state index is -3.54. The fourth-order valence-electron chi connectivity index (χ4n) is 2.98. The Morgan fingerprint density at radius 1 is 1.15 bits per heavy atom. The highest BCUT2D eigenvalue weighted by Gasteiger charge is 2.48. The third-order valence-electron chi connectivity index (χ3n) is 4.51. The molecule has 0 spiro atoms. The molecule has 1 amide bonds. The number of ether oxygens (including phenoxy) is 1. The maximum atomic E-state index is 12.8. The van der Waals surface area contributed by atoms with E-state index in [1.807, 2.05) is 6.07 Å². The molecule has 1 aliphatic rings. The van der Waals surface area contributed by atoms with Crippen LogP contribution >= 0.6 is 0 Å². The molecule has 3 rings (SSSR count). The predicted octanol–water partition coefficient (Wildman–Crippen LogP) is 1.98. The number of carbonyl (C=O) groups is 1. The summed E-state index contributed by atoms with van der Waals surface area (Å²) in [5.41, 5.74) is 0.518. The molecule has 2 aromatic rings. The van der Waals surface area contributed by atoms with E-state index < -0.39 is 20.5 Å². The Morgan fingerprint density at radius 3 is 2.42 bits per heavy atom. The molecule has 26 heavy (non-hydrogen) atoms.